The summed E-state index contributed by atoms with van der Waals surface area (Å²) in [6, 6.07) is 1.71. The summed E-state index contributed by atoms with van der Waals surface area (Å²) in [5.74, 6) is -0.317. The lowest BCUT2D eigenvalue weighted by Gasteiger charge is -2.24. The van der Waals surface area contributed by atoms with Gasteiger partial charge in [0.05, 0.1) is 13.4 Å². The van der Waals surface area contributed by atoms with Crippen LogP contribution in [0.1, 0.15) is 36.9 Å². The zero-order valence-corrected chi connectivity index (χ0v) is 13.8. The molecule has 1 aromatic rings. The van der Waals surface area contributed by atoms with Gasteiger partial charge in [0, 0.05) is 32.2 Å². The Bertz CT molecular complexity index is 504. The standard InChI is InChI=1S/C15H24N2O5/c1-15(2,3)22-14(19)17(4)8-7-16-10-11-6-9-21-12(11)13(18)20-5/h6,9,16H,7-8,10H2,1-5H3. The fourth-order valence-electron chi connectivity index (χ4n) is 1.65. The fourth-order valence-corrected chi connectivity index (χ4v) is 1.65. The van der Waals surface area contributed by atoms with Crippen LogP contribution in [-0.4, -0.2) is 49.8 Å². The molecule has 0 fully saturated rings. The number of likely N-dealkylation sites (N-methyl/N-ethyl adjacent to an activating group) is 1. The molecule has 1 rings (SSSR count). The van der Waals surface area contributed by atoms with Gasteiger partial charge in [-0.25, -0.2) is 9.59 Å². The highest BCUT2D eigenvalue weighted by Gasteiger charge is 2.19. The van der Waals surface area contributed by atoms with Crippen molar-refractivity contribution in [3.05, 3.63) is 23.7 Å². The fraction of sp³-hybridized carbons (Fsp3) is 0.600. The first-order valence-electron chi connectivity index (χ1n) is 7.04. The van der Waals surface area contributed by atoms with Crippen LogP contribution in [0, 0.1) is 0 Å². The van der Waals surface area contributed by atoms with E-state index in [4.69, 9.17) is 9.15 Å². The van der Waals surface area contributed by atoms with Crippen molar-refractivity contribution < 1.29 is 23.5 Å². The lowest BCUT2D eigenvalue weighted by atomic mass is 10.2. The van der Waals surface area contributed by atoms with E-state index in [2.05, 4.69) is 10.1 Å². The molecule has 0 spiro atoms. The number of carbonyl (C=O) groups excluding carboxylic acids is 2. The van der Waals surface area contributed by atoms with Crippen molar-refractivity contribution in [3.8, 4) is 0 Å². The molecular formula is C15H24N2O5. The van der Waals surface area contributed by atoms with Gasteiger partial charge in [-0.3, -0.25) is 0 Å². The summed E-state index contributed by atoms with van der Waals surface area (Å²) in [5, 5.41) is 3.14. The van der Waals surface area contributed by atoms with Crippen molar-refractivity contribution >= 4 is 12.1 Å². The van der Waals surface area contributed by atoms with Crippen LogP contribution >= 0.6 is 0 Å². The van der Waals surface area contributed by atoms with Gasteiger partial charge in [0.1, 0.15) is 5.60 Å². The van der Waals surface area contributed by atoms with Gasteiger partial charge in [0.15, 0.2) is 0 Å². The molecule has 0 aromatic carbocycles. The van der Waals surface area contributed by atoms with E-state index in [0.29, 0.717) is 25.2 Å². The predicted molar refractivity (Wildman–Crippen MR) is 80.6 cm³/mol. The summed E-state index contributed by atoms with van der Waals surface area (Å²) in [6.07, 6.45) is 1.07. The molecule has 124 valence electrons. The van der Waals surface area contributed by atoms with Gasteiger partial charge in [-0.15, -0.1) is 0 Å². The van der Waals surface area contributed by atoms with Crippen LogP contribution in [0.2, 0.25) is 0 Å². The Labute approximate surface area is 130 Å². The van der Waals surface area contributed by atoms with E-state index >= 15 is 0 Å². The van der Waals surface area contributed by atoms with Crippen LogP contribution in [0.15, 0.2) is 16.7 Å². The van der Waals surface area contributed by atoms with Crippen molar-refractivity contribution in [1.29, 1.82) is 0 Å². The second-order valence-corrected chi connectivity index (χ2v) is 5.85. The Kier molecular flexibility index (Phi) is 6.42. The molecule has 1 aromatic heterocycles. The first-order chi connectivity index (χ1) is 10.2. The third-order valence-corrected chi connectivity index (χ3v) is 2.76. The zero-order chi connectivity index (χ0) is 16.8. The molecule has 0 unspecified atom stereocenters. The Morgan fingerprint density at radius 3 is 2.64 bits per heavy atom. The maximum Gasteiger partial charge on any atom is 0.410 e. The molecule has 0 radical (unpaired) electrons. The monoisotopic (exact) mass is 312 g/mol. The highest BCUT2D eigenvalue weighted by atomic mass is 16.6. The van der Waals surface area contributed by atoms with Crippen LogP contribution in [0.5, 0.6) is 0 Å². The van der Waals surface area contributed by atoms with Gasteiger partial charge in [-0.2, -0.15) is 0 Å². The molecule has 0 atom stereocenters. The number of hydrogen-bond acceptors (Lipinski definition) is 6. The number of esters is 1. The lowest BCUT2D eigenvalue weighted by Crippen LogP contribution is -2.37. The Morgan fingerprint density at radius 1 is 1.36 bits per heavy atom. The summed E-state index contributed by atoms with van der Waals surface area (Å²) in [4.78, 5) is 24.7. The van der Waals surface area contributed by atoms with Crippen LogP contribution in [0.4, 0.5) is 4.79 Å². The van der Waals surface area contributed by atoms with Crippen molar-refractivity contribution in [3.63, 3.8) is 0 Å². The molecule has 0 aliphatic carbocycles. The van der Waals surface area contributed by atoms with E-state index in [1.807, 2.05) is 20.8 Å². The normalized spacial score (nSPS) is 11.1. The van der Waals surface area contributed by atoms with Crippen molar-refractivity contribution in [2.75, 3.05) is 27.2 Å². The number of carbonyl (C=O) groups is 2. The molecule has 7 nitrogen and oxygen atoms in total. The first-order valence-corrected chi connectivity index (χ1v) is 7.04. The van der Waals surface area contributed by atoms with E-state index in [1.54, 1.807) is 13.1 Å². The molecule has 0 aliphatic heterocycles. The maximum absolute atomic E-state index is 11.8. The van der Waals surface area contributed by atoms with E-state index in [1.165, 1.54) is 18.3 Å². The van der Waals surface area contributed by atoms with Gasteiger partial charge < -0.3 is 24.1 Å². The Morgan fingerprint density at radius 2 is 2.05 bits per heavy atom. The SMILES string of the molecule is COC(=O)c1occc1CNCCN(C)C(=O)OC(C)(C)C. The second kappa shape index (κ2) is 7.84. The average molecular weight is 312 g/mol. The van der Waals surface area contributed by atoms with Crippen LogP contribution in [0.3, 0.4) is 0 Å². The summed E-state index contributed by atoms with van der Waals surface area (Å²) >= 11 is 0. The third-order valence-electron chi connectivity index (χ3n) is 2.76. The number of furan rings is 1. The summed E-state index contributed by atoms with van der Waals surface area (Å²) in [7, 11) is 2.98. The minimum Gasteiger partial charge on any atom is -0.463 e. The van der Waals surface area contributed by atoms with Crippen molar-refractivity contribution in [1.82, 2.24) is 10.2 Å². The molecule has 22 heavy (non-hydrogen) atoms. The van der Waals surface area contributed by atoms with Gasteiger partial charge in [0.2, 0.25) is 5.76 Å². The van der Waals surface area contributed by atoms with E-state index in [-0.39, 0.29) is 11.9 Å². The highest BCUT2D eigenvalue weighted by Crippen LogP contribution is 2.11. The predicted octanol–water partition coefficient (Wildman–Crippen LogP) is 2.02. The minimum absolute atomic E-state index is 0.190. The summed E-state index contributed by atoms with van der Waals surface area (Å²) < 4.78 is 15.0. The second-order valence-electron chi connectivity index (χ2n) is 5.85. The summed E-state index contributed by atoms with van der Waals surface area (Å²) in [5.41, 5.74) is 0.206. The number of nitrogens with one attached hydrogen (secondary N) is 1. The molecule has 0 saturated heterocycles. The van der Waals surface area contributed by atoms with E-state index < -0.39 is 11.6 Å². The van der Waals surface area contributed by atoms with Gasteiger partial charge in [-0.1, -0.05) is 0 Å². The van der Waals surface area contributed by atoms with Gasteiger partial charge >= 0.3 is 12.1 Å². The van der Waals surface area contributed by atoms with Crippen molar-refractivity contribution in [2.24, 2.45) is 0 Å². The molecule has 0 bridgehead atoms. The topological polar surface area (TPSA) is 81.0 Å². The number of hydrogen-bond donors (Lipinski definition) is 1. The largest absolute Gasteiger partial charge is 0.463 e. The quantitative estimate of drug-likeness (QED) is 0.639. The van der Waals surface area contributed by atoms with Crippen molar-refractivity contribution in [2.45, 2.75) is 32.9 Å². The molecule has 1 heterocycles. The van der Waals surface area contributed by atoms with Crippen LogP contribution < -0.4 is 5.32 Å². The summed E-state index contributed by atoms with van der Waals surface area (Å²) in [6.45, 7) is 6.96. The number of nitrogens with zero attached hydrogens (tertiary/aromatic N) is 1. The highest BCUT2D eigenvalue weighted by molar-refractivity contribution is 5.87. The van der Waals surface area contributed by atoms with E-state index in [0.717, 1.165) is 0 Å². The van der Waals surface area contributed by atoms with Crippen LogP contribution in [0.25, 0.3) is 0 Å². The Balaban J connectivity index is 2.35. The maximum atomic E-state index is 11.8. The average Bonchev–Trinajstić information content (AvgIpc) is 2.88. The van der Waals surface area contributed by atoms with Gasteiger partial charge in [0.25, 0.3) is 0 Å². The third kappa shape index (κ3) is 5.77. The molecule has 0 saturated carbocycles. The van der Waals surface area contributed by atoms with Crippen LogP contribution in [-0.2, 0) is 16.0 Å². The first kappa shape index (κ1) is 18.0. The lowest BCUT2D eigenvalue weighted by molar-refractivity contribution is 0.0300. The number of amides is 1. The molecule has 1 amide bonds. The minimum atomic E-state index is -0.509. The number of methoxy groups -OCH3 is 1. The molecule has 0 aliphatic rings. The Hall–Kier alpha value is -2.02. The molecule has 7 heteroatoms. The smallest absolute Gasteiger partial charge is 0.410 e. The zero-order valence-electron chi connectivity index (χ0n) is 13.8. The molecular weight excluding hydrogens is 288 g/mol. The van der Waals surface area contributed by atoms with E-state index in [9.17, 15) is 9.59 Å². The van der Waals surface area contributed by atoms with Gasteiger partial charge in [-0.05, 0) is 26.8 Å². The number of ether oxygens (including phenoxy) is 2. The number of rotatable bonds is 6. The molecule has 1 N–H and O–H groups in total.